The van der Waals surface area contributed by atoms with Gasteiger partial charge < -0.3 is 10.1 Å². The Labute approximate surface area is 166 Å². The molecule has 0 aliphatic carbocycles. The molecule has 2 aromatic rings. The van der Waals surface area contributed by atoms with Crippen LogP contribution in [0.4, 0.5) is 18.9 Å². The molecule has 2 nitrogen and oxygen atoms in total. The molecule has 0 spiro atoms. The van der Waals surface area contributed by atoms with E-state index in [1.54, 1.807) is 6.07 Å². The maximum atomic E-state index is 12.8. The van der Waals surface area contributed by atoms with Crippen molar-refractivity contribution in [2.24, 2.45) is 0 Å². The zero-order valence-electron chi connectivity index (χ0n) is 17.5. The molecule has 154 valence electrons. The van der Waals surface area contributed by atoms with E-state index in [2.05, 4.69) is 59.0 Å². The van der Waals surface area contributed by atoms with Crippen molar-refractivity contribution in [1.82, 2.24) is 0 Å². The van der Waals surface area contributed by atoms with Gasteiger partial charge in [0.2, 0.25) is 0 Å². The minimum atomic E-state index is -4.34. The number of benzene rings is 2. The summed E-state index contributed by atoms with van der Waals surface area (Å²) in [5.41, 5.74) is 2.10. The van der Waals surface area contributed by atoms with E-state index in [9.17, 15) is 13.2 Å². The van der Waals surface area contributed by atoms with Crippen molar-refractivity contribution < 1.29 is 17.9 Å². The fourth-order valence-corrected chi connectivity index (χ4v) is 2.87. The molecule has 0 aliphatic heterocycles. The van der Waals surface area contributed by atoms with Gasteiger partial charge in [-0.15, -0.1) is 0 Å². The molecule has 5 heteroatoms. The van der Waals surface area contributed by atoms with Crippen LogP contribution in [0.5, 0.6) is 5.75 Å². The van der Waals surface area contributed by atoms with Crippen molar-refractivity contribution in [3.63, 3.8) is 0 Å². The largest absolute Gasteiger partial charge is 0.491 e. The molecule has 0 aliphatic rings. The number of hydrogen-bond donors (Lipinski definition) is 1. The Morgan fingerprint density at radius 1 is 0.821 bits per heavy atom. The maximum Gasteiger partial charge on any atom is 0.416 e. The average molecular weight is 393 g/mol. The molecule has 2 aromatic carbocycles. The van der Waals surface area contributed by atoms with Gasteiger partial charge in [-0.3, -0.25) is 0 Å². The van der Waals surface area contributed by atoms with E-state index in [0.717, 1.165) is 23.4 Å². The number of rotatable bonds is 5. The van der Waals surface area contributed by atoms with E-state index in [1.165, 1.54) is 11.6 Å². The van der Waals surface area contributed by atoms with Gasteiger partial charge in [-0.05, 0) is 46.2 Å². The first-order valence-electron chi connectivity index (χ1n) is 9.47. The second-order valence-corrected chi connectivity index (χ2v) is 9.06. The molecule has 0 radical (unpaired) electrons. The highest BCUT2D eigenvalue weighted by atomic mass is 19.4. The Bertz CT molecular complexity index is 799. The molecule has 0 fully saturated rings. The molecule has 0 atom stereocenters. The third-order valence-corrected chi connectivity index (χ3v) is 4.53. The first-order chi connectivity index (χ1) is 12.8. The van der Waals surface area contributed by atoms with Crippen molar-refractivity contribution >= 4 is 5.69 Å². The molecule has 0 amide bonds. The van der Waals surface area contributed by atoms with Crippen LogP contribution in [-0.2, 0) is 17.0 Å². The van der Waals surface area contributed by atoms with Crippen molar-refractivity contribution in [1.29, 1.82) is 0 Å². The summed E-state index contributed by atoms with van der Waals surface area (Å²) in [4.78, 5) is 0. The summed E-state index contributed by atoms with van der Waals surface area (Å²) < 4.78 is 44.4. The van der Waals surface area contributed by atoms with Gasteiger partial charge in [-0.2, -0.15) is 13.2 Å². The summed E-state index contributed by atoms with van der Waals surface area (Å²) in [6.07, 6.45) is -4.34. The van der Waals surface area contributed by atoms with Crippen LogP contribution in [0, 0.1) is 0 Å². The Kier molecular flexibility index (Phi) is 6.37. The standard InChI is InChI=1S/C23H30F3NO/c1-21(2,3)16-10-11-20(19(15-16)22(4,5)6)28-13-12-27-18-9-7-8-17(14-18)23(24,25)26/h7-11,14-15,27H,12-13H2,1-6H3. The first-order valence-corrected chi connectivity index (χ1v) is 9.47. The smallest absolute Gasteiger partial charge is 0.416 e. The van der Waals surface area contributed by atoms with Crippen LogP contribution in [0.2, 0.25) is 0 Å². The molecule has 1 N–H and O–H groups in total. The summed E-state index contributed by atoms with van der Waals surface area (Å²) in [7, 11) is 0. The average Bonchev–Trinajstić information content (AvgIpc) is 2.56. The second-order valence-electron chi connectivity index (χ2n) is 9.06. The van der Waals surface area contributed by atoms with E-state index < -0.39 is 11.7 Å². The van der Waals surface area contributed by atoms with Gasteiger partial charge in [0.05, 0.1) is 5.56 Å². The zero-order chi connectivity index (χ0) is 21.2. The highest BCUT2D eigenvalue weighted by molar-refractivity contribution is 5.47. The van der Waals surface area contributed by atoms with Crippen LogP contribution >= 0.6 is 0 Å². The molecule has 0 heterocycles. The van der Waals surface area contributed by atoms with Crippen LogP contribution in [0.3, 0.4) is 0 Å². The highest BCUT2D eigenvalue weighted by Crippen LogP contribution is 2.35. The number of hydrogen-bond acceptors (Lipinski definition) is 2. The summed E-state index contributed by atoms with van der Waals surface area (Å²) in [5.74, 6) is 0.811. The van der Waals surface area contributed by atoms with Crippen LogP contribution in [-0.4, -0.2) is 13.2 Å². The lowest BCUT2D eigenvalue weighted by atomic mass is 9.80. The second kappa shape index (κ2) is 8.06. The van der Waals surface area contributed by atoms with Gasteiger partial charge in [0.15, 0.2) is 0 Å². The van der Waals surface area contributed by atoms with Crippen LogP contribution < -0.4 is 10.1 Å². The first kappa shape index (κ1) is 22.1. The SMILES string of the molecule is CC(C)(C)c1ccc(OCCNc2cccc(C(F)(F)F)c2)c(C(C)(C)C)c1. The number of alkyl halides is 3. The molecular formula is C23H30F3NO. The van der Waals surface area contributed by atoms with E-state index in [1.807, 2.05) is 6.07 Å². The quantitative estimate of drug-likeness (QED) is 0.565. The zero-order valence-corrected chi connectivity index (χ0v) is 17.5. The maximum absolute atomic E-state index is 12.8. The molecule has 2 rings (SSSR count). The summed E-state index contributed by atoms with van der Waals surface area (Å²) in [6, 6.07) is 11.4. The Hall–Kier alpha value is -2.17. The summed E-state index contributed by atoms with van der Waals surface area (Å²) >= 11 is 0. The van der Waals surface area contributed by atoms with E-state index in [4.69, 9.17) is 4.74 Å². The van der Waals surface area contributed by atoms with Gasteiger partial charge in [-0.1, -0.05) is 59.7 Å². The topological polar surface area (TPSA) is 21.3 Å². The fraction of sp³-hybridized carbons (Fsp3) is 0.478. The monoisotopic (exact) mass is 393 g/mol. The van der Waals surface area contributed by atoms with Gasteiger partial charge in [0.25, 0.3) is 0 Å². The molecular weight excluding hydrogens is 363 g/mol. The molecule has 0 bridgehead atoms. The van der Waals surface area contributed by atoms with E-state index in [-0.39, 0.29) is 10.8 Å². The van der Waals surface area contributed by atoms with Crippen molar-refractivity contribution in [2.45, 2.75) is 58.5 Å². The normalized spacial score (nSPS) is 12.8. The summed E-state index contributed by atoms with van der Waals surface area (Å²) in [6.45, 7) is 13.7. The molecule has 0 unspecified atom stereocenters. The minimum absolute atomic E-state index is 0.0452. The number of halogens is 3. The third kappa shape index (κ3) is 5.91. The number of nitrogens with one attached hydrogen (secondary N) is 1. The van der Waals surface area contributed by atoms with Crippen molar-refractivity contribution in [3.05, 3.63) is 59.2 Å². The highest BCUT2D eigenvalue weighted by Gasteiger charge is 2.30. The van der Waals surface area contributed by atoms with E-state index in [0.29, 0.717) is 18.8 Å². The summed E-state index contributed by atoms with van der Waals surface area (Å²) in [5, 5.41) is 3.00. The molecule has 0 aromatic heterocycles. The number of ether oxygens (including phenoxy) is 1. The van der Waals surface area contributed by atoms with Gasteiger partial charge in [0, 0.05) is 12.2 Å². The lowest BCUT2D eigenvalue weighted by Crippen LogP contribution is -2.19. The van der Waals surface area contributed by atoms with Crippen LogP contribution in [0.25, 0.3) is 0 Å². The number of anilines is 1. The van der Waals surface area contributed by atoms with Crippen LogP contribution in [0.1, 0.15) is 58.2 Å². The van der Waals surface area contributed by atoms with Crippen LogP contribution in [0.15, 0.2) is 42.5 Å². The minimum Gasteiger partial charge on any atom is -0.491 e. The van der Waals surface area contributed by atoms with Gasteiger partial charge >= 0.3 is 6.18 Å². The lowest BCUT2D eigenvalue weighted by molar-refractivity contribution is -0.137. The molecule has 0 saturated carbocycles. The molecule has 28 heavy (non-hydrogen) atoms. The lowest BCUT2D eigenvalue weighted by Gasteiger charge is -2.27. The third-order valence-electron chi connectivity index (χ3n) is 4.53. The predicted molar refractivity (Wildman–Crippen MR) is 109 cm³/mol. The van der Waals surface area contributed by atoms with Crippen molar-refractivity contribution in [3.8, 4) is 5.75 Å². The Morgan fingerprint density at radius 2 is 1.50 bits per heavy atom. The van der Waals surface area contributed by atoms with E-state index >= 15 is 0 Å². The van der Waals surface area contributed by atoms with Gasteiger partial charge in [-0.25, -0.2) is 0 Å². The Balaban J connectivity index is 2.05. The Morgan fingerprint density at radius 3 is 2.07 bits per heavy atom. The van der Waals surface area contributed by atoms with Crippen molar-refractivity contribution in [2.75, 3.05) is 18.5 Å². The van der Waals surface area contributed by atoms with Gasteiger partial charge in [0.1, 0.15) is 12.4 Å². The fourth-order valence-electron chi connectivity index (χ4n) is 2.87. The predicted octanol–water partition coefficient (Wildman–Crippen LogP) is 6.79. The molecule has 0 saturated heterocycles.